The van der Waals surface area contributed by atoms with Crippen LogP contribution in [0.4, 0.5) is 5.69 Å². The molecular weight excluding hydrogens is 184 g/mol. The van der Waals surface area contributed by atoms with Gasteiger partial charge in [-0.3, -0.25) is 0 Å². The predicted molar refractivity (Wildman–Crippen MR) is 40.2 cm³/mol. The van der Waals surface area contributed by atoms with E-state index in [-0.39, 0.29) is 33.0 Å². The van der Waals surface area contributed by atoms with Gasteiger partial charge >= 0.3 is 0 Å². The van der Waals surface area contributed by atoms with Crippen LogP contribution < -0.4 is 5.73 Å². The van der Waals surface area contributed by atoms with Crippen LogP contribution in [0.25, 0.3) is 11.1 Å². The van der Waals surface area contributed by atoms with Gasteiger partial charge < -0.3 is 5.73 Å². The zero-order valence-corrected chi connectivity index (χ0v) is 8.98. The largest absolute Gasteiger partial charge is 0.398 e. The summed E-state index contributed by atoms with van der Waals surface area (Å²) in [6, 6.07) is 6.08. The Labute approximate surface area is 73.8 Å². The molecule has 0 aromatic carbocycles. The predicted octanol–water partition coefficient (Wildman–Crippen LogP) is 1.36. The van der Waals surface area contributed by atoms with E-state index in [1.165, 1.54) is 11.1 Å². The van der Waals surface area contributed by atoms with Gasteiger partial charge in [0, 0.05) is 30.7 Å². The molecule has 0 heterocycles. The van der Waals surface area contributed by atoms with Gasteiger partial charge in [-0.05, 0) is 11.6 Å². The van der Waals surface area contributed by atoms with Gasteiger partial charge in [-0.1, -0.05) is 12.1 Å². The Hall–Kier alpha value is -0.00662. The summed E-state index contributed by atoms with van der Waals surface area (Å²) in [6.45, 7) is 0. The van der Waals surface area contributed by atoms with Gasteiger partial charge in [0.05, 0.1) is 0 Å². The van der Waals surface area contributed by atoms with E-state index in [1.807, 2.05) is 12.1 Å². The van der Waals surface area contributed by atoms with Gasteiger partial charge in [-0.15, -0.1) is 0 Å². The van der Waals surface area contributed by atoms with E-state index >= 15 is 0 Å². The molecule has 0 bridgehead atoms. The monoisotopic (exact) mass is 189 g/mol. The number of rotatable bonds is 0. The van der Waals surface area contributed by atoms with Crippen LogP contribution >= 0.6 is 13.5 Å². The van der Waals surface area contributed by atoms with Crippen molar-refractivity contribution in [1.82, 2.24) is 0 Å². The molecule has 0 atom stereocenters. The molecule has 2 aliphatic rings. The normalized spacial score (nSPS) is 8.89. The van der Waals surface area contributed by atoms with Crippen molar-refractivity contribution in [3.63, 3.8) is 0 Å². The molecule has 1 nitrogen and oxygen atoms in total. The fourth-order valence-corrected chi connectivity index (χ4v) is 0.819. The number of hydrogen-bond donors (Lipinski definition) is 1. The third-order valence-electron chi connectivity index (χ3n) is 1.36. The van der Waals surface area contributed by atoms with Crippen molar-refractivity contribution < 1.29 is 19.5 Å². The summed E-state index contributed by atoms with van der Waals surface area (Å²) in [4.78, 5) is 0. The smallest absolute Gasteiger partial charge is 0.0399 e. The Morgan fingerprint density at radius 1 is 1.22 bits per heavy atom. The minimum Gasteiger partial charge on any atom is -0.398 e. The summed E-state index contributed by atoms with van der Waals surface area (Å²) >= 11 is 0. The van der Waals surface area contributed by atoms with E-state index < -0.39 is 0 Å². The van der Waals surface area contributed by atoms with E-state index in [1.54, 1.807) is 0 Å². The number of nitrogen functional groups attached to an aromatic ring is 1. The van der Waals surface area contributed by atoms with Gasteiger partial charge in [-0.25, -0.2) is 0 Å². The van der Waals surface area contributed by atoms with Gasteiger partial charge in [0.25, 0.3) is 0 Å². The summed E-state index contributed by atoms with van der Waals surface area (Å²) in [5, 5.41) is 0. The van der Waals surface area contributed by atoms with Crippen molar-refractivity contribution >= 4 is 19.2 Å². The molecule has 44 valence electrons. The molecule has 2 aliphatic carbocycles. The molecule has 0 amide bonds. The van der Waals surface area contributed by atoms with Gasteiger partial charge in [0.15, 0.2) is 0 Å². The van der Waals surface area contributed by atoms with Crippen molar-refractivity contribution in [2.45, 2.75) is 0 Å². The first-order valence-electron chi connectivity index (χ1n) is 2.28. The van der Waals surface area contributed by atoms with E-state index in [4.69, 9.17) is 5.73 Å². The summed E-state index contributed by atoms with van der Waals surface area (Å²) in [5.41, 5.74) is 8.92. The molecule has 0 saturated heterocycles. The minimum absolute atomic E-state index is 0. The fraction of sp³-hybridized carbons (Fsp3) is 0. The fourth-order valence-electron chi connectivity index (χ4n) is 0.819. The molecule has 0 spiro atoms. The van der Waals surface area contributed by atoms with Gasteiger partial charge in [0.1, 0.15) is 0 Å². The molecule has 0 radical (unpaired) electrons. The van der Waals surface area contributed by atoms with Crippen molar-refractivity contribution in [1.29, 1.82) is 0 Å². The van der Waals surface area contributed by atoms with Crippen LogP contribution in [0.3, 0.4) is 0 Å². The van der Waals surface area contributed by atoms with E-state index in [0.717, 1.165) is 5.69 Å². The summed E-state index contributed by atoms with van der Waals surface area (Å²) in [6.07, 6.45) is 0. The molecule has 0 aliphatic heterocycles. The Kier molecular flexibility index (Phi) is 2.72. The SMILES string of the molecule is Nc1cc2ccc1-2.S.[Zn]. The third-order valence-corrected chi connectivity index (χ3v) is 1.36. The second kappa shape index (κ2) is 2.72. The van der Waals surface area contributed by atoms with Crippen LogP contribution in [0.15, 0.2) is 18.2 Å². The Balaban J connectivity index is 0.000000320. The second-order valence-electron chi connectivity index (χ2n) is 1.80. The standard InChI is InChI=1S/C6H5N.H2S.Zn/c7-6-3-4-1-2-5(4)6;;/h1-3H,7H2;1H2;. The first-order valence-corrected chi connectivity index (χ1v) is 2.28. The molecule has 0 unspecified atom stereocenters. The average Bonchev–Trinajstić information content (AvgIpc) is 1.59. The number of benzene rings is 1. The van der Waals surface area contributed by atoms with Crippen molar-refractivity contribution in [3.05, 3.63) is 18.2 Å². The van der Waals surface area contributed by atoms with Crippen LogP contribution in [0, 0.1) is 0 Å². The molecule has 0 saturated carbocycles. The molecule has 2 rings (SSSR count). The second-order valence-corrected chi connectivity index (χ2v) is 1.80. The maximum Gasteiger partial charge on any atom is 0.0399 e. The zero-order valence-electron chi connectivity index (χ0n) is 5.02. The Morgan fingerprint density at radius 3 is 1.89 bits per heavy atom. The van der Waals surface area contributed by atoms with Crippen LogP contribution in [0.5, 0.6) is 0 Å². The molecular formula is C6H7NSZn. The maximum absolute atomic E-state index is 5.42. The molecule has 2 N–H and O–H groups in total. The van der Waals surface area contributed by atoms with Crippen molar-refractivity contribution in [2.75, 3.05) is 5.73 Å². The van der Waals surface area contributed by atoms with Gasteiger partial charge in [-0.2, -0.15) is 13.5 Å². The van der Waals surface area contributed by atoms with Crippen molar-refractivity contribution in [3.8, 4) is 11.1 Å². The van der Waals surface area contributed by atoms with Gasteiger partial charge in [0.2, 0.25) is 0 Å². The average molecular weight is 191 g/mol. The van der Waals surface area contributed by atoms with E-state index in [0.29, 0.717) is 0 Å². The zero-order chi connectivity index (χ0) is 4.85. The topological polar surface area (TPSA) is 26.0 Å². The number of fused-ring (bicyclic) bond motifs is 1. The maximum atomic E-state index is 5.42. The van der Waals surface area contributed by atoms with Crippen LogP contribution in [-0.2, 0) is 19.5 Å². The number of hydrogen-bond acceptors (Lipinski definition) is 1. The summed E-state index contributed by atoms with van der Waals surface area (Å²) in [5.74, 6) is 0. The van der Waals surface area contributed by atoms with Crippen LogP contribution in [0.1, 0.15) is 0 Å². The molecule has 0 fully saturated rings. The van der Waals surface area contributed by atoms with Crippen molar-refractivity contribution in [2.24, 2.45) is 0 Å². The first-order chi connectivity index (χ1) is 3.38. The van der Waals surface area contributed by atoms with Crippen LogP contribution in [-0.4, -0.2) is 0 Å². The Morgan fingerprint density at radius 2 is 1.89 bits per heavy atom. The molecule has 3 heteroatoms. The Bertz CT molecular complexity index is 224. The van der Waals surface area contributed by atoms with E-state index in [9.17, 15) is 0 Å². The quantitative estimate of drug-likeness (QED) is 0.493. The minimum atomic E-state index is 0. The summed E-state index contributed by atoms with van der Waals surface area (Å²) < 4.78 is 0. The molecule has 0 aromatic heterocycles. The van der Waals surface area contributed by atoms with Crippen LogP contribution in [0.2, 0.25) is 0 Å². The third kappa shape index (κ3) is 0.994. The molecule has 0 aromatic rings. The number of anilines is 1. The number of nitrogens with two attached hydrogens (primary N) is 1. The van der Waals surface area contributed by atoms with E-state index in [2.05, 4.69) is 6.07 Å². The summed E-state index contributed by atoms with van der Waals surface area (Å²) in [7, 11) is 0. The first kappa shape index (κ1) is 8.99. The molecule has 9 heavy (non-hydrogen) atoms.